The van der Waals surface area contributed by atoms with E-state index in [0.29, 0.717) is 38.3 Å². The van der Waals surface area contributed by atoms with Crippen LogP contribution in [0.15, 0.2) is 23.1 Å². The number of hydrogen-bond donors (Lipinski definition) is 2. The van der Waals surface area contributed by atoms with Gasteiger partial charge in [-0.05, 0) is 54.9 Å². The van der Waals surface area contributed by atoms with Crippen LogP contribution in [0, 0.1) is 11.8 Å². The van der Waals surface area contributed by atoms with Gasteiger partial charge in [-0.2, -0.15) is 4.72 Å². The predicted molar refractivity (Wildman–Crippen MR) is 119 cm³/mol. The van der Waals surface area contributed by atoms with Crippen molar-refractivity contribution in [2.45, 2.75) is 71.2 Å². The smallest absolute Gasteiger partial charge is 0.241 e. The number of amides is 2. The summed E-state index contributed by atoms with van der Waals surface area (Å²) in [7, 11) is -3.87. The van der Waals surface area contributed by atoms with Crippen LogP contribution < -0.4 is 14.9 Å². The highest BCUT2D eigenvalue weighted by molar-refractivity contribution is 7.89. The second kappa shape index (κ2) is 10.4. The van der Waals surface area contributed by atoms with Crippen molar-refractivity contribution in [3.63, 3.8) is 0 Å². The molecule has 0 bridgehead atoms. The van der Waals surface area contributed by atoms with Gasteiger partial charge in [-0.3, -0.25) is 9.59 Å². The molecule has 2 amide bonds. The molecule has 1 atom stereocenters. The van der Waals surface area contributed by atoms with Gasteiger partial charge in [-0.15, -0.1) is 0 Å². The van der Waals surface area contributed by atoms with Crippen LogP contribution in [-0.4, -0.2) is 39.4 Å². The van der Waals surface area contributed by atoms with Crippen molar-refractivity contribution in [3.8, 4) is 0 Å². The van der Waals surface area contributed by atoms with Crippen LogP contribution in [0.1, 0.15) is 59.4 Å². The molecule has 168 valence electrons. The zero-order chi connectivity index (χ0) is 22.5. The van der Waals surface area contributed by atoms with E-state index in [1.54, 1.807) is 17.0 Å². The molecule has 1 aromatic carbocycles. The SMILES string of the molecule is CCC(=O)N1CCc2cc(S(=O)(=O)N[C@@H](CC(C)C)C(=O)NCCC(C)C)ccc21. The van der Waals surface area contributed by atoms with Gasteiger partial charge in [0.05, 0.1) is 4.90 Å². The Morgan fingerprint density at radius 1 is 1.13 bits per heavy atom. The van der Waals surface area contributed by atoms with Crippen molar-refractivity contribution in [2.75, 3.05) is 18.0 Å². The monoisotopic (exact) mass is 437 g/mol. The molecule has 1 aromatic rings. The Kier molecular flexibility index (Phi) is 8.43. The van der Waals surface area contributed by atoms with Gasteiger partial charge < -0.3 is 10.2 Å². The molecule has 0 spiro atoms. The first kappa shape index (κ1) is 24.3. The molecule has 1 heterocycles. The second-order valence-corrected chi connectivity index (χ2v) is 10.4. The van der Waals surface area contributed by atoms with Crippen LogP contribution in [0.2, 0.25) is 0 Å². The lowest BCUT2D eigenvalue weighted by atomic mass is 10.0. The molecule has 0 saturated carbocycles. The van der Waals surface area contributed by atoms with E-state index in [-0.39, 0.29) is 22.6 Å². The summed E-state index contributed by atoms with van der Waals surface area (Å²) in [5.41, 5.74) is 1.60. The fraction of sp³-hybridized carbons (Fsp3) is 0.636. The lowest BCUT2D eigenvalue weighted by Crippen LogP contribution is -2.47. The Hall–Kier alpha value is -1.93. The number of carbonyl (C=O) groups is 2. The first-order chi connectivity index (χ1) is 14.0. The zero-order valence-electron chi connectivity index (χ0n) is 18.7. The maximum absolute atomic E-state index is 13.0. The normalized spacial score (nSPS) is 14.8. The summed E-state index contributed by atoms with van der Waals surface area (Å²) in [6.45, 7) is 11.0. The third kappa shape index (κ3) is 6.28. The molecule has 2 N–H and O–H groups in total. The highest BCUT2D eigenvalue weighted by atomic mass is 32.2. The number of nitrogens with zero attached hydrogens (tertiary/aromatic N) is 1. The first-order valence-electron chi connectivity index (χ1n) is 10.8. The highest BCUT2D eigenvalue weighted by Gasteiger charge is 2.29. The van der Waals surface area contributed by atoms with E-state index in [1.807, 2.05) is 20.8 Å². The summed E-state index contributed by atoms with van der Waals surface area (Å²) in [5, 5.41) is 2.85. The summed E-state index contributed by atoms with van der Waals surface area (Å²) in [6.07, 6.45) is 2.28. The third-order valence-corrected chi connectivity index (χ3v) is 6.67. The Balaban J connectivity index is 2.18. The number of fused-ring (bicyclic) bond motifs is 1. The van der Waals surface area contributed by atoms with Crippen molar-refractivity contribution < 1.29 is 18.0 Å². The van der Waals surface area contributed by atoms with Crippen molar-refractivity contribution in [3.05, 3.63) is 23.8 Å². The van der Waals surface area contributed by atoms with Gasteiger partial charge in [0.2, 0.25) is 21.8 Å². The van der Waals surface area contributed by atoms with Crippen molar-refractivity contribution in [1.29, 1.82) is 0 Å². The first-order valence-corrected chi connectivity index (χ1v) is 12.3. The van der Waals surface area contributed by atoms with E-state index in [9.17, 15) is 18.0 Å². The second-order valence-electron chi connectivity index (χ2n) is 8.72. The van der Waals surface area contributed by atoms with Crippen molar-refractivity contribution in [1.82, 2.24) is 10.0 Å². The molecule has 0 aromatic heterocycles. The predicted octanol–water partition coefficient (Wildman–Crippen LogP) is 2.84. The van der Waals surface area contributed by atoms with Gasteiger partial charge in [-0.1, -0.05) is 34.6 Å². The molecule has 7 nitrogen and oxygen atoms in total. The molecule has 8 heteroatoms. The Morgan fingerprint density at radius 2 is 1.83 bits per heavy atom. The lowest BCUT2D eigenvalue weighted by molar-refractivity contribution is -0.123. The number of nitrogens with one attached hydrogen (secondary N) is 2. The average molecular weight is 438 g/mol. The number of anilines is 1. The molecular weight excluding hydrogens is 402 g/mol. The van der Waals surface area contributed by atoms with E-state index >= 15 is 0 Å². The molecule has 2 rings (SSSR count). The molecule has 30 heavy (non-hydrogen) atoms. The number of benzene rings is 1. The van der Waals surface area contributed by atoms with Gasteiger partial charge in [0.25, 0.3) is 0 Å². The molecule has 1 aliphatic heterocycles. The minimum atomic E-state index is -3.87. The van der Waals surface area contributed by atoms with Gasteiger partial charge >= 0.3 is 0 Å². The maximum Gasteiger partial charge on any atom is 0.241 e. The zero-order valence-corrected chi connectivity index (χ0v) is 19.5. The van der Waals surface area contributed by atoms with E-state index in [2.05, 4.69) is 23.9 Å². The Bertz CT molecular complexity index is 865. The summed E-state index contributed by atoms with van der Waals surface area (Å²) in [6, 6.07) is 3.98. The highest BCUT2D eigenvalue weighted by Crippen LogP contribution is 2.30. The Morgan fingerprint density at radius 3 is 2.43 bits per heavy atom. The van der Waals surface area contributed by atoms with Crippen LogP contribution in [0.3, 0.4) is 0 Å². The summed E-state index contributed by atoms with van der Waals surface area (Å²) < 4.78 is 28.6. The Labute approximate surface area is 180 Å². The van der Waals surface area contributed by atoms with Crippen molar-refractivity contribution in [2.24, 2.45) is 11.8 Å². The number of rotatable bonds is 10. The molecule has 0 aliphatic carbocycles. The van der Waals surface area contributed by atoms with Crippen LogP contribution in [0.4, 0.5) is 5.69 Å². The molecule has 1 aliphatic rings. The molecular formula is C22H35N3O4S. The minimum absolute atomic E-state index is 0.0255. The minimum Gasteiger partial charge on any atom is -0.355 e. The van der Waals surface area contributed by atoms with Crippen LogP contribution in [-0.2, 0) is 26.0 Å². The summed E-state index contributed by atoms with van der Waals surface area (Å²) in [5.74, 6) is 0.338. The third-order valence-electron chi connectivity index (χ3n) is 5.20. The van der Waals surface area contributed by atoms with Gasteiger partial charge in [0.1, 0.15) is 6.04 Å². The van der Waals surface area contributed by atoms with Crippen LogP contribution >= 0.6 is 0 Å². The molecule has 0 unspecified atom stereocenters. The number of carbonyl (C=O) groups excluding carboxylic acids is 2. The van der Waals surface area contributed by atoms with E-state index in [0.717, 1.165) is 17.7 Å². The van der Waals surface area contributed by atoms with Crippen LogP contribution in [0.5, 0.6) is 0 Å². The van der Waals surface area contributed by atoms with Gasteiger partial charge in [0, 0.05) is 25.2 Å². The van der Waals surface area contributed by atoms with E-state index < -0.39 is 16.1 Å². The molecule has 0 saturated heterocycles. The van der Waals surface area contributed by atoms with Gasteiger partial charge in [0.15, 0.2) is 0 Å². The largest absolute Gasteiger partial charge is 0.355 e. The number of hydrogen-bond acceptors (Lipinski definition) is 4. The maximum atomic E-state index is 13.0. The van der Waals surface area contributed by atoms with E-state index in [1.165, 1.54) is 6.07 Å². The van der Waals surface area contributed by atoms with Crippen molar-refractivity contribution >= 4 is 27.5 Å². The summed E-state index contributed by atoms with van der Waals surface area (Å²) in [4.78, 5) is 26.5. The standard InChI is InChI=1S/C22H35N3O4S/c1-6-21(26)25-12-10-17-14-18(7-8-20(17)25)30(28,29)24-19(13-16(4)5)22(27)23-11-9-15(2)3/h7-8,14-16,19,24H,6,9-13H2,1-5H3,(H,23,27)/t19-/m0/s1. The van der Waals surface area contributed by atoms with Crippen LogP contribution in [0.25, 0.3) is 0 Å². The quantitative estimate of drug-likeness (QED) is 0.588. The van der Waals surface area contributed by atoms with E-state index in [4.69, 9.17) is 0 Å². The fourth-order valence-electron chi connectivity index (χ4n) is 3.54. The summed E-state index contributed by atoms with van der Waals surface area (Å²) >= 11 is 0. The average Bonchev–Trinajstić information content (AvgIpc) is 3.09. The fourth-order valence-corrected chi connectivity index (χ4v) is 4.80. The molecule has 0 radical (unpaired) electrons. The number of sulfonamides is 1. The lowest BCUT2D eigenvalue weighted by Gasteiger charge is -2.21. The molecule has 0 fully saturated rings. The topological polar surface area (TPSA) is 95.6 Å². The van der Waals surface area contributed by atoms with Gasteiger partial charge in [-0.25, -0.2) is 8.42 Å².